The van der Waals surface area contributed by atoms with Crippen LogP contribution in [0.2, 0.25) is 0 Å². The lowest BCUT2D eigenvalue weighted by Gasteiger charge is -1.90. The summed E-state index contributed by atoms with van der Waals surface area (Å²) >= 11 is 0. The van der Waals surface area contributed by atoms with Crippen molar-refractivity contribution in [3.63, 3.8) is 0 Å². The molecule has 0 aliphatic carbocycles. The first-order valence-electron chi connectivity index (χ1n) is 3.11. The van der Waals surface area contributed by atoms with Gasteiger partial charge in [-0.2, -0.15) is 0 Å². The number of fused-ring (bicyclic) bond motifs is 1. The van der Waals surface area contributed by atoms with Gasteiger partial charge in [0.25, 0.3) is 0 Å². The minimum atomic E-state index is 0. The number of hydrogen-bond donors (Lipinski definition) is 0. The molecule has 0 fully saturated rings. The number of aromatic nitrogens is 2. The molecule has 0 atom stereocenters. The number of hydrogen-bond acceptors (Lipinski definition) is 2. The van der Waals surface area contributed by atoms with Gasteiger partial charge >= 0.3 is 0 Å². The third kappa shape index (κ3) is 1.46. The van der Waals surface area contributed by atoms with Crippen LogP contribution in [0.3, 0.4) is 0 Å². The van der Waals surface area contributed by atoms with Crippen molar-refractivity contribution in [3.8, 4) is 0 Å². The molecule has 2 nitrogen and oxygen atoms in total. The lowest BCUT2D eigenvalue weighted by molar-refractivity contribution is -0.00000208. The van der Waals surface area contributed by atoms with Crippen LogP contribution >= 0.6 is 0 Å². The van der Waals surface area contributed by atoms with Crippen molar-refractivity contribution in [1.82, 2.24) is 9.97 Å². The normalized spacial score (nSPS) is 9.09. The topological polar surface area (TPSA) is 25.8 Å². The fourth-order valence-corrected chi connectivity index (χ4v) is 0.915. The van der Waals surface area contributed by atoms with E-state index in [1.54, 1.807) is 12.4 Å². The zero-order valence-electron chi connectivity index (χ0n) is 5.74. The Labute approximate surface area is 70.7 Å². The molecule has 0 bridgehead atoms. The van der Waals surface area contributed by atoms with Crippen LogP contribution in [0.4, 0.5) is 0 Å². The predicted molar refractivity (Wildman–Crippen MR) is 39.5 cm³/mol. The minimum absolute atomic E-state index is 0. The first-order chi connectivity index (χ1) is 4.97. The fraction of sp³-hybridized carbons (Fsp3) is 0. The molecule has 0 aromatic carbocycles. The second kappa shape index (κ2) is 3.30. The molecule has 2 aromatic rings. The lowest BCUT2D eigenvalue weighted by Crippen LogP contribution is -3.00. The van der Waals surface area contributed by atoms with Crippen molar-refractivity contribution < 1.29 is 12.4 Å². The van der Waals surface area contributed by atoms with Crippen LogP contribution in [0.1, 0.15) is 0 Å². The summed E-state index contributed by atoms with van der Waals surface area (Å²) in [5.74, 6) is 0. The Morgan fingerprint density at radius 1 is 1.09 bits per heavy atom. The van der Waals surface area contributed by atoms with E-state index in [1.165, 1.54) is 0 Å². The van der Waals surface area contributed by atoms with E-state index in [-0.39, 0.29) is 12.4 Å². The average Bonchev–Trinajstić information content (AvgIpc) is 2.05. The molecule has 3 heteroatoms. The molecule has 0 unspecified atom stereocenters. The van der Waals surface area contributed by atoms with Gasteiger partial charge in [-0.3, -0.25) is 9.97 Å². The molecule has 2 heterocycles. The van der Waals surface area contributed by atoms with Crippen molar-refractivity contribution in [2.24, 2.45) is 0 Å². The standard InChI is InChI=1S/C8H6N2.ClH/c1-2-7-6-9-5-3-8(7)10-4-1;/h1-6H;1H/p-1. The Hall–Kier alpha value is -1.15. The fourth-order valence-electron chi connectivity index (χ4n) is 0.915. The first-order valence-corrected chi connectivity index (χ1v) is 3.11. The molecule has 56 valence electrons. The maximum atomic E-state index is 4.14. The summed E-state index contributed by atoms with van der Waals surface area (Å²) < 4.78 is 0. The monoisotopic (exact) mass is 165 g/mol. The summed E-state index contributed by atoms with van der Waals surface area (Å²) in [6.45, 7) is 0. The Morgan fingerprint density at radius 2 is 2.00 bits per heavy atom. The van der Waals surface area contributed by atoms with E-state index in [0.717, 1.165) is 10.9 Å². The second-order valence-electron chi connectivity index (χ2n) is 2.07. The molecule has 0 spiro atoms. The van der Waals surface area contributed by atoms with E-state index in [2.05, 4.69) is 9.97 Å². The smallest absolute Gasteiger partial charge is 0.0732 e. The van der Waals surface area contributed by atoms with Crippen LogP contribution in [0.25, 0.3) is 10.9 Å². The summed E-state index contributed by atoms with van der Waals surface area (Å²) in [6.07, 6.45) is 5.33. The Bertz CT molecular complexity index is 283. The Balaban J connectivity index is 0.000000605. The van der Waals surface area contributed by atoms with Gasteiger partial charge < -0.3 is 12.4 Å². The molecule has 0 saturated carbocycles. The van der Waals surface area contributed by atoms with E-state index in [4.69, 9.17) is 0 Å². The number of rotatable bonds is 0. The highest BCUT2D eigenvalue weighted by molar-refractivity contribution is 5.76. The van der Waals surface area contributed by atoms with E-state index in [9.17, 15) is 0 Å². The molecule has 0 aliphatic rings. The Morgan fingerprint density at radius 3 is 2.82 bits per heavy atom. The molecule has 0 N–H and O–H groups in total. The number of pyridine rings is 2. The van der Waals surface area contributed by atoms with E-state index >= 15 is 0 Å². The van der Waals surface area contributed by atoms with E-state index < -0.39 is 0 Å². The summed E-state index contributed by atoms with van der Waals surface area (Å²) in [5.41, 5.74) is 0.998. The van der Waals surface area contributed by atoms with E-state index in [0.29, 0.717) is 0 Å². The van der Waals surface area contributed by atoms with E-state index in [1.807, 2.05) is 24.4 Å². The van der Waals surface area contributed by atoms with Crippen molar-refractivity contribution in [2.45, 2.75) is 0 Å². The van der Waals surface area contributed by atoms with Gasteiger partial charge in [0.05, 0.1) is 5.52 Å². The molecule has 2 rings (SSSR count). The van der Waals surface area contributed by atoms with Crippen molar-refractivity contribution in [1.29, 1.82) is 0 Å². The summed E-state index contributed by atoms with van der Waals surface area (Å²) in [7, 11) is 0. The predicted octanol–water partition coefficient (Wildman–Crippen LogP) is -1.37. The average molecular weight is 166 g/mol. The molecule has 11 heavy (non-hydrogen) atoms. The van der Waals surface area contributed by atoms with Gasteiger partial charge in [-0.15, -0.1) is 0 Å². The third-order valence-electron chi connectivity index (χ3n) is 1.40. The highest BCUT2D eigenvalue weighted by Crippen LogP contribution is 2.05. The quantitative estimate of drug-likeness (QED) is 0.482. The summed E-state index contributed by atoms with van der Waals surface area (Å²) in [6, 6.07) is 5.80. The van der Waals surface area contributed by atoms with Gasteiger partial charge in [0.2, 0.25) is 0 Å². The maximum absolute atomic E-state index is 4.14. The van der Waals surface area contributed by atoms with Crippen molar-refractivity contribution in [3.05, 3.63) is 36.8 Å². The second-order valence-corrected chi connectivity index (χ2v) is 2.07. The van der Waals surface area contributed by atoms with Crippen LogP contribution in [0.5, 0.6) is 0 Å². The minimum Gasteiger partial charge on any atom is -1.00 e. The zero-order chi connectivity index (χ0) is 6.81. The first kappa shape index (κ1) is 7.95. The van der Waals surface area contributed by atoms with Crippen LogP contribution in [0.15, 0.2) is 36.8 Å². The van der Waals surface area contributed by atoms with Crippen LogP contribution in [0, 0.1) is 0 Å². The molecule has 0 saturated heterocycles. The largest absolute Gasteiger partial charge is 1.00 e. The Kier molecular flexibility index (Phi) is 2.39. The van der Waals surface area contributed by atoms with Gasteiger partial charge in [0.15, 0.2) is 0 Å². The van der Waals surface area contributed by atoms with Crippen molar-refractivity contribution in [2.75, 3.05) is 0 Å². The zero-order valence-corrected chi connectivity index (χ0v) is 6.49. The molecule has 2 aromatic heterocycles. The SMILES string of the molecule is [Cl-].c1cnc2ccncc2c1. The van der Waals surface area contributed by atoms with Gasteiger partial charge in [-0.05, 0) is 18.2 Å². The van der Waals surface area contributed by atoms with Gasteiger partial charge in [-0.1, -0.05) is 0 Å². The van der Waals surface area contributed by atoms with Crippen LogP contribution in [-0.2, 0) is 0 Å². The maximum Gasteiger partial charge on any atom is 0.0732 e. The molecule has 0 amide bonds. The number of halogens is 1. The van der Waals surface area contributed by atoms with Gasteiger partial charge in [0, 0.05) is 24.0 Å². The van der Waals surface area contributed by atoms with Crippen LogP contribution < -0.4 is 12.4 Å². The third-order valence-corrected chi connectivity index (χ3v) is 1.40. The summed E-state index contributed by atoms with van der Waals surface area (Å²) in [4.78, 5) is 8.11. The molecule has 0 radical (unpaired) electrons. The molecular formula is C8H6ClN2-. The van der Waals surface area contributed by atoms with Gasteiger partial charge in [-0.25, -0.2) is 0 Å². The van der Waals surface area contributed by atoms with Gasteiger partial charge in [0.1, 0.15) is 0 Å². The number of nitrogens with zero attached hydrogens (tertiary/aromatic N) is 2. The van der Waals surface area contributed by atoms with Crippen molar-refractivity contribution >= 4 is 10.9 Å². The van der Waals surface area contributed by atoms with Crippen LogP contribution in [-0.4, -0.2) is 9.97 Å². The molecule has 0 aliphatic heterocycles. The highest BCUT2D eigenvalue weighted by atomic mass is 35.5. The highest BCUT2D eigenvalue weighted by Gasteiger charge is 1.87. The summed E-state index contributed by atoms with van der Waals surface area (Å²) in [5, 5.41) is 1.09. The lowest BCUT2D eigenvalue weighted by atomic mass is 10.3. The molecular weight excluding hydrogens is 160 g/mol.